The molecule has 3 aromatic rings. The molecule has 0 saturated heterocycles. The molecule has 0 spiro atoms. The molecule has 0 saturated carbocycles. The largest absolute Gasteiger partial charge is 0.416 e. The van der Waals surface area contributed by atoms with E-state index in [1.807, 2.05) is 18.2 Å². The third-order valence-corrected chi connectivity index (χ3v) is 6.88. The van der Waals surface area contributed by atoms with Crippen LogP contribution in [0.1, 0.15) is 18.1 Å². The van der Waals surface area contributed by atoms with Crippen molar-refractivity contribution >= 4 is 33.0 Å². The number of rotatable bonds is 7. The van der Waals surface area contributed by atoms with E-state index in [-0.39, 0.29) is 6.54 Å². The van der Waals surface area contributed by atoms with Crippen LogP contribution in [0.5, 0.6) is 0 Å². The maximum absolute atomic E-state index is 13.1. The smallest absolute Gasteiger partial charge is 0.381 e. The van der Waals surface area contributed by atoms with Gasteiger partial charge in [0.05, 0.1) is 16.1 Å². The van der Waals surface area contributed by atoms with Gasteiger partial charge in [0.1, 0.15) is 0 Å². The maximum atomic E-state index is 13.1. The van der Waals surface area contributed by atoms with Gasteiger partial charge in [-0.1, -0.05) is 41.9 Å². The van der Waals surface area contributed by atoms with Crippen molar-refractivity contribution in [3.8, 4) is 0 Å². The molecule has 1 N–H and O–H groups in total. The van der Waals surface area contributed by atoms with Crippen LogP contribution >= 0.6 is 11.6 Å². The van der Waals surface area contributed by atoms with E-state index in [9.17, 15) is 21.6 Å². The van der Waals surface area contributed by atoms with Gasteiger partial charge in [0.25, 0.3) is 10.0 Å². The Morgan fingerprint density at radius 1 is 0.968 bits per heavy atom. The molecule has 0 aliphatic carbocycles. The Morgan fingerprint density at radius 3 is 2.35 bits per heavy atom. The first-order valence-corrected chi connectivity index (χ1v) is 11.2. The highest BCUT2D eigenvalue weighted by Crippen LogP contribution is 2.32. The van der Waals surface area contributed by atoms with Gasteiger partial charge in [0, 0.05) is 23.8 Å². The molecule has 0 aromatic heterocycles. The zero-order valence-corrected chi connectivity index (χ0v) is 18.1. The zero-order chi connectivity index (χ0) is 22.6. The molecular weight excluding hydrogens is 449 g/mol. The fourth-order valence-corrected chi connectivity index (χ4v) is 4.78. The number of alkyl halides is 3. The second-order valence-electron chi connectivity index (χ2n) is 6.69. The zero-order valence-electron chi connectivity index (χ0n) is 16.5. The Bertz CT molecular complexity index is 1170. The Labute approximate surface area is 184 Å². The number of hydrogen-bond donors (Lipinski definition) is 1. The van der Waals surface area contributed by atoms with Crippen molar-refractivity contribution in [2.75, 3.05) is 16.2 Å². The van der Waals surface area contributed by atoms with Crippen molar-refractivity contribution in [2.45, 2.75) is 24.5 Å². The van der Waals surface area contributed by atoms with Crippen LogP contribution in [0.2, 0.25) is 5.02 Å². The number of hydrogen-bond acceptors (Lipinski definition) is 3. The van der Waals surface area contributed by atoms with Gasteiger partial charge >= 0.3 is 6.18 Å². The minimum absolute atomic E-state index is 0.0482. The van der Waals surface area contributed by atoms with Crippen molar-refractivity contribution in [3.63, 3.8) is 0 Å². The molecule has 9 heteroatoms. The van der Waals surface area contributed by atoms with Crippen LogP contribution in [-0.4, -0.2) is 15.0 Å². The summed E-state index contributed by atoms with van der Waals surface area (Å²) in [6.07, 6.45) is -4.63. The third-order valence-electron chi connectivity index (χ3n) is 4.61. The predicted molar refractivity (Wildman–Crippen MR) is 117 cm³/mol. The lowest BCUT2D eigenvalue weighted by atomic mass is 10.2. The van der Waals surface area contributed by atoms with E-state index in [0.29, 0.717) is 29.0 Å². The highest BCUT2D eigenvalue weighted by Gasteiger charge is 2.33. The lowest BCUT2D eigenvalue weighted by molar-refractivity contribution is -0.137. The molecule has 0 heterocycles. The van der Waals surface area contributed by atoms with E-state index in [4.69, 9.17) is 11.6 Å². The molecule has 3 aromatic carbocycles. The first-order valence-electron chi connectivity index (χ1n) is 9.40. The van der Waals surface area contributed by atoms with Gasteiger partial charge in [0.2, 0.25) is 0 Å². The maximum Gasteiger partial charge on any atom is 0.416 e. The Kier molecular flexibility index (Phi) is 6.81. The summed E-state index contributed by atoms with van der Waals surface area (Å²) in [6.45, 7) is 2.09. The Balaban J connectivity index is 1.88. The molecule has 0 aliphatic heterocycles. The number of benzene rings is 3. The first-order chi connectivity index (χ1) is 14.6. The van der Waals surface area contributed by atoms with Crippen LogP contribution in [0.3, 0.4) is 0 Å². The third kappa shape index (κ3) is 5.32. The molecule has 0 radical (unpaired) electrons. The van der Waals surface area contributed by atoms with E-state index in [2.05, 4.69) is 5.32 Å². The summed E-state index contributed by atoms with van der Waals surface area (Å²) in [7, 11) is -4.19. The fourth-order valence-electron chi connectivity index (χ4n) is 3.06. The van der Waals surface area contributed by atoms with Gasteiger partial charge in [-0.15, -0.1) is 0 Å². The molecule has 0 amide bonds. The predicted octanol–water partition coefficient (Wildman–Crippen LogP) is 6.19. The van der Waals surface area contributed by atoms with Crippen LogP contribution in [-0.2, 0) is 22.7 Å². The molecule has 0 aliphatic rings. The van der Waals surface area contributed by atoms with Crippen LogP contribution in [0.15, 0.2) is 77.7 Å². The first kappa shape index (κ1) is 23.0. The van der Waals surface area contributed by atoms with Crippen molar-refractivity contribution in [1.82, 2.24) is 0 Å². The molecule has 0 atom stereocenters. The van der Waals surface area contributed by atoms with Gasteiger partial charge in [-0.05, 0) is 55.0 Å². The molecule has 0 unspecified atom stereocenters. The van der Waals surface area contributed by atoms with E-state index < -0.39 is 26.7 Å². The van der Waals surface area contributed by atoms with Crippen LogP contribution in [0.25, 0.3) is 0 Å². The number of anilines is 2. The standard InChI is InChI=1S/C22H20ClF3N2O2S/c1-2-28(31(29,30)20-11-5-8-17(13-20)22(24,25)26)19-10-6-9-18(14-19)27-15-16-7-3-4-12-21(16)23/h3-14,27H,2,15H2,1H3. The van der Waals surface area contributed by atoms with Gasteiger partial charge in [-0.3, -0.25) is 4.31 Å². The van der Waals surface area contributed by atoms with Crippen LogP contribution < -0.4 is 9.62 Å². The summed E-state index contributed by atoms with van der Waals surface area (Å²) in [4.78, 5) is -0.418. The number of halogens is 4. The highest BCUT2D eigenvalue weighted by atomic mass is 35.5. The molecule has 31 heavy (non-hydrogen) atoms. The summed E-state index contributed by atoms with van der Waals surface area (Å²) in [6, 6.07) is 17.7. The van der Waals surface area contributed by atoms with E-state index in [0.717, 1.165) is 28.1 Å². The number of nitrogens with one attached hydrogen (secondary N) is 1. The van der Waals surface area contributed by atoms with E-state index in [1.54, 1.807) is 37.3 Å². The summed E-state index contributed by atoms with van der Waals surface area (Å²) < 4.78 is 66.4. The molecule has 0 fully saturated rings. The highest BCUT2D eigenvalue weighted by molar-refractivity contribution is 7.92. The lowest BCUT2D eigenvalue weighted by Gasteiger charge is -2.24. The average molecular weight is 469 g/mol. The minimum atomic E-state index is -4.63. The molecule has 0 bridgehead atoms. The quantitative estimate of drug-likeness (QED) is 0.450. The van der Waals surface area contributed by atoms with Crippen molar-refractivity contribution in [1.29, 1.82) is 0 Å². The summed E-state index contributed by atoms with van der Waals surface area (Å²) in [5.74, 6) is 0. The normalized spacial score (nSPS) is 11.9. The molecule has 164 valence electrons. The molecular formula is C22H20ClF3N2O2S. The van der Waals surface area contributed by atoms with Gasteiger partial charge in [-0.25, -0.2) is 8.42 Å². The van der Waals surface area contributed by atoms with Crippen LogP contribution in [0, 0.1) is 0 Å². The lowest BCUT2D eigenvalue weighted by Crippen LogP contribution is -2.31. The summed E-state index contributed by atoms with van der Waals surface area (Å²) in [5.41, 5.74) is 0.845. The second-order valence-corrected chi connectivity index (χ2v) is 8.96. The Morgan fingerprint density at radius 2 is 1.68 bits per heavy atom. The monoisotopic (exact) mass is 468 g/mol. The van der Waals surface area contributed by atoms with Gasteiger partial charge in [0.15, 0.2) is 0 Å². The second kappa shape index (κ2) is 9.20. The summed E-state index contributed by atoms with van der Waals surface area (Å²) in [5, 5.41) is 3.79. The topological polar surface area (TPSA) is 49.4 Å². The SMILES string of the molecule is CCN(c1cccc(NCc2ccccc2Cl)c1)S(=O)(=O)c1cccc(C(F)(F)F)c1. The van der Waals surface area contributed by atoms with Crippen molar-refractivity contribution in [2.24, 2.45) is 0 Å². The molecule has 4 nitrogen and oxygen atoms in total. The van der Waals surface area contributed by atoms with Crippen molar-refractivity contribution in [3.05, 3.63) is 88.9 Å². The minimum Gasteiger partial charge on any atom is -0.381 e. The fraction of sp³-hybridized carbons (Fsp3) is 0.182. The average Bonchev–Trinajstić information content (AvgIpc) is 2.73. The summed E-state index contributed by atoms with van der Waals surface area (Å²) >= 11 is 6.16. The van der Waals surface area contributed by atoms with E-state index in [1.165, 1.54) is 0 Å². The number of sulfonamides is 1. The Hall–Kier alpha value is -2.71. The van der Waals surface area contributed by atoms with Gasteiger partial charge < -0.3 is 5.32 Å². The van der Waals surface area contributed by atoms with Crippen molar-refractivity contribution < 1.29 is 21.6 Å². The van der Waals surface area contributed by atoms with E-state index >= 15 is 0 Å². The number of nitrogens with zero attached hydrogens (tertiary/aromatic N) is 1. The molecule has 3 rings (SSSR count). The van der Waals surface area contributed by atoms with Crippen LogP contribution in [0.4, 0.5) is 24.5 Å². The van der Waals surface area contributed by atoms with Gasteiger partial charge in [-0.2, -0.15) is 13.2 Å².